The Hall–Kier alpha value is -2.26. The third-order valence-corrected chi connectivity index (χ3v) is 4.74. The molecule has 1 aromatic carbocycles. The molecular weight excluding hydrogens is 371 g/mol. The largest absolute Gasteiger partial charge is 0.401 e. The summed E-state index contributed by atoms with van der Waals surface area (Å²) < 4.78 is 38.2. The number of halogens is 3. The second-order valence-electron chi connectivity index (χ2n) is 7.53. The number of aliphatic hydroxyl groups is 1. The van der Waals surface area contributed by atoms with Crippen LogP contribution >= 0.6 is 0 Å². The van der Waals surface area contributed by atoms with Crippen LogP contribution in [-0.2, 0) is 0 Å². The lowest BCUT2D eigenvalue weighted by Crippen LogP contribution is -2.61. The molecule has 2 rings (SSSR count). The lowest BCUT2D eigenvalue weighted by atomic mass is 9.98. The summed E-state index contributed by atoms with van der Waals surface area (Å²) in [6.45, 7) is 3.60. The first-order chi connectivity index (χ1) is 13.0. The van der Waals surface area contributed by atoms with Gasteiger partial charge in [0.15, 0.2) is 0 Å². The molecule has 1 unspecified atom stereocenters. The van der Waals surface area contributed by atoms with Crippen LogP contribution in [0.4, 0.5) is 13.2 Å². The molecule has 28 heavy (non-hydrogen) atoms. The smallest absolute Gasteiger partial charge is 0.386 e. The van der Waals surface area contributed by atoms with E-state index in [1.807, 2.05) is 18.2 Å². The Balaban J connectivity index is 1.97. The van der Waals surface area contributed by atoms with Crippen molar-refractivity contribution in [1.82, 2.24) is 9.80 Å². The van der Waals surface area contributed by atoms with Crippen LogP contribution in [-0.4, -0.2) is 65.2 Å². The SMILES string of the molecule is CC1(C)CN(C(N)=CC(N)=NCC(O)c2ccccc2)CCN1CC(F)(F)F. The Kier molecular flexibility index (Phi) is 6.95. The Morgan fingerprint density at radius 3 is 2.46 bits per heavy atom. The van der Waals surface area contributed by atoms with Crippen molar-refractivity contribution in [1.29, 1.82) is 0 Å². The van der Waals surface area contributed by atoms with Crippen molar-refractivity contribution in [3.05, 3.63) is 47.8 Å². The van der Waals surface area contributed by atoms with Crippen LogP contribution in [0.1, 0.15) is 25.5 Å². The topological polar surface area (TPSA) is 91.1 Å². The number of aliphatic hydroxyl groups excluding tert-OH is 1. The average Bonchev–Trinajstić information content (AvgIpc) is 2.60. The third kappa shape index (κ3) is 6.42. The van der Waals surface area contributed by atoms with E-state index in [4.69, 9.17) is 11.5 Å². The van der Waals surface area contributed by atoms with Gasteiger partial charge in [-0.3, -0.25) is 9.89 Å². The molecule has 0 aromatic heterocycles. The van der Waals surface area contributed by atoms with Crippen LogP contribution in [0.3, 0.4) is 0 Å². The van der Waals surface area contributed by atoms with Crippen LogP contribution in [0.5, 0.6) is 0 Å². The summed E-state index contributed by atoms with van der Waals surface area (Å²) in [6.07, 6.45) is -3.54. The summed E-state index contributed by atoms with van der Waals surface area (Å²) in [5, 5.41) is 10.1. The van der Waals surface area contributed by atoms with E-state index >= 15 is 0 Å². The van der Waals surface area contributed by atoms with E-state index in [1.165, 1.54) is 11.0 Å². The Labute approximate surface area is 163 Å². The maximum absolute atomic E-state index is 12.7. The zero-order valence-electron chi connectivity index (χ0n) is 16.2. The molecule has 0 aliphatic carbocycles. The molecule has 1 atom stereocenters. The van der Waals surface area contributed by atoms with Gasteiger partial charge in [-0.15, -0.1) is 0 Å². The molecule has 1 aliphatic rings. The lowest BCUT2D eigenvalue weighted by molar-refractivity contribution is -0.163. The van der Waals surface area contributed by atoms with Gasteiger partial charge in [-0.2, -0.15) is 13.2 Å². The number of nitrogens with zero attached hydrogens (tertiary/aromatic N) is 3. The summed E-state index contributed by atoms with van der Waals surface area (Å²) in [5.74, 6) is 0.498. The Morgan fingerprint density at radius 1 is 1.25 bits per heavy atom. The van der Waals surface area contributed by atoms with Crippen LogP contribution < -0.4 is 11.5 Å². The van der Waals surface area contributed by atoms with Gasteiger partial charge in [0.2, 0.25) is 0 Å². The van der Waals surface area contributed by atoms with Crippen molar-refractivity contribution in [3.8, 4) is 0 Å². The average molecular weight is 399 g/mol. The maximum Gasteiger partial charge on any atom is 0.401 e. The van der Waals surface area contributed by atoms with Crippen molar-refractivity contribution in [2.75, 3.05) is 32.7 Å². The van der Waals surface area contributed by atoms with E-state index in [1.54, 1.807) is 30.9 Å². The quantitative estimate of drug-likeness (QED) is 0.502. The second-order valence-corrected chi connectivity index (χ2v) is 7.53. The van der Waals surface area contributed by atoms with E-state index in [9.17, 15) is 18.3 Å². The van der Waals surface area contributed by atoms with Crippen LogP contribution in [0.15, 0.2) is 47.2 Å². The van der Waals surface area contributed by atoms with E-state index in [0.717, 1.165) is 5.56 Å². The summed E-state index contributed by atoms with van der Waals surface area (Å²) >= 11 is 0. The van der Waals surface area contributed by atoms with Crippen molar-refractivity contribution in [2.45, 2.75) is 31.7 Å². The molecular formula is C19H28F3N5O. The molecule has 1 aromatic rings. The van der Waals surface area contributed by atoms with Gasteiger partial charge in [0, 0.05) is 31.2 Å². The van der Waals surface area contributed by atoms with Crippen molar-refractivity contribution in [2.24, 2.45) is 16.5 Å². The molecule has 1 saturated heterocycles. The van der Waals surface area contributed by atoms with Gasteiger partial charge < -0.3 is 21.5 Å². The van der Waals surface area contributed by atoms with E-state index in [0.29, 0.717) is 18.9 Å². The van der Waals surface area contributed by atoms with Crippen LogP contribution in [0, 0.1) is 0 Å². The lowest BCUT2D eigenvalue weighted by Gasteiger charge is -2.48. The fraction of sp³-hybridized carbons (Fsp3) is 0.526. The highest BCUT2D eigenvalue weighted by atomic mass is 19.4. The number of amidine groups is 1. The molecule has 1 fully saturated rings. The maximum atomic E-state index is 12.7. The molecule has 5 N–H and O–H groups in total. The van der Waals surface area contributed by atoms with Crippen LogP contribution in [0.2, 0.25) is 0 Å². The Morgan fingerprint density at radius 2 is 1.89 bits per heavy atom. The number of alkyl halides is 3. The first-order valence-corrected chi connectivity index (χ1v) is 9.05. The first kappa shape index (κ1) is 22.0. The van der Waals surface area contributed by atoms with Gasteiger partial charge in [0.1, 0.15) is 11.7 Å². The highest BCUT2D eigenvalue weighted by Crippen LogP contribution is 2.27. The molecule has 0 radical (unpaired) electrons. The summed E-state index contributed by atoms with van der Waals surface area (Å²) in [7, 11) is 0. The first-order valence-electron chi connectivity index (χ1n) is 9.05. The fourth-order valence-corrected chi connectivity index (χ4v) is 3.18. The highest BCUT2D eigenvalue weighted by molar-refractivity contribution is 5.91. The van der Waals surface area contributed by atoms with Gasteiger partial charge >= 0.3 is 6.18 Å². The molecule has 9 heteroatoms. The number of aliphatic imine (C=N–C) groups is 1. The molecule has 156 valence electrons. The molecule has 0 bridgehead atoms. The van der Waals surface area contributed by atoms with Gasteiger partial charge in [-0.1, -0.05) is 30.3 Å². The predicted octanol–water partition coefficient (Wildman–Crippen LogP) is 1.84. The van der Waals surface area contributed by atoms with Gasteiger partial charge in [0.05, 0.1) is 19.2 Å². The number of hydrogen-bond donors (Lipinski definition) is 3. The minimum atomic E-state index is -4.24. The van der Waals surface area contributed by atoms with Gasteiger partial charge in [0.25, 0.3) is 0 Å². The molecule has 1 aliphatic heterocycles. The highest BCUT2D eigenvalue weighted by Gasteiger charge is 2.40. The summed E-state index contributed by atoms with van der Waals surface area (Å²) in [6, 6.07) is 9.09. The standard InChI is InChI=1S/C19H28F3N5O/c1-18(2)12-26(8-9-27(18)13-19(20,21)22)17(24)10-16(23)25-11-15(28)14-6-4-3-5-7-14/h3-7,10,15,28H,8-9,11-13,24H2,1-2H3,(H2,23,25). The molecule has 0 spiro atoms. The number of nitrogens with two attached hydrogens (primary N) is 2. The van der Waals surface area contributed by atoms with Crippen molar-refractivity contribution < 1.29 is 18.3 Å². The van der Waals surface area contributed by atoms with Gasteiger partial charge in [-0.05, 0) is 19.4 Å². The van der Waals surface area contributed by atoms with Crippen molar-refractivity contribution >= 4 is 5.84 Å². The van der Waals surface area contributed by atoms with Crippen LogP contribution in [0.25, 0.3) is 0 Å². The monoisotopic (exact) mass is 399 g/mol. The predicted molar refractivity (Wildman–Crippen MR) is 103 cm³/mol. The zero-order valence-corrected chi connectivity index (χ0v) is 16.2. The molecule has 6 nitrogen and oxygen atoms in total. The number of benzene rings is 1. The van der Waals surface area contributed by atoms with Gasteiger partial charge in [-0.25, -0.2) is 0 Å². The molecule has 0 saturated carbocycles. The third-order valence-electron chi connectivity index (χ3n) is 4.74. The summed E-state index contributed by atoms with van der Waals surface area (Å²) in [4.78, 5) is 7.34. The minimum Gasteiger partial charge on any atom is -0.386 e. The van der Waals surface area contributed by atoms with E-state index in [2.05, 4.69) is 4.99 Å². The molecule has 0 amide bonds. The normalized spacial score (nSPS) is 20.3. The van der Waals surface area contributed by atoms with E-state index < -0.39 is 24.4 Å². The number of rotatable bonds is 6. The minimum absolute atomic E-state index is 0.0878. The van der Waals surface area contributed by atoms with E-state index in [-0.39, 0.29) is 18.9 Å². The summed E-state index contributed by atoms with van der Waals surface area (Å²) in [5.41, 5.74) is 12.0. The second kappa shape index (κ2) is 8.83. The number of hydrogen-bond acceptors (Lipinski definition) is 5. The van der Waals surface area contributed by atoms with Crippen molar-refractivity contribution in [3.63, 3.8) is 0 Å². The molecule has 1 heterocycles. The Bertz CT molecular complexity index is 703. The fourth-order valence-electron chi connectivity index (χ4n) is 3.18. The zero-order chi connectivity index (χ0) is 20.9. The number of piperazine rings is 1.